The van der Waals surface area contributed by atoms with Gasteiger partial charge in [0.1, 0.15) is 16.4 Å². The van der Waals surface area contributed by atoms with Crippen LogP contribution >= 0.6 is 23.6 Å². The SMILES string of the molecule is C#Cc1cc(F)ccc1CC(=O)NC(=S)Nc1ccc(Oc2ccnc3cc(-c4cccc[n+]4[O-])sc23)c(F)c1. The van der Waals surface area contributed by atoms with Crippen LogP contribution in [0.15, 0.2) is 79.1 Å². The van der Waals surface area contributed by atoms with Crippen LogP contribution in [0, 0.1) is 29.2 Å². The van der Waals surface area contributed by atoms with E-state index in [1.807, 2.05) is 0 Å². The fourth-order valence-corrected chi connectivity index (χ4v) is 5.17. The molecule has 0 unspecified atom stereocenters. The summed E-state index contributed by atoms with van der Waals surface area (Å²) in [6, 6.07) is 16.4. The van der Waals surface area contributed by atoms with Gasteiger partial charge < -0.3 is 20.6 Å². The number of thiophene rings is 1. The molecule has 1 amide bonds. The summed E-state index contributed by atoms with van der Waals surface area (Å²) >= 11 is 6.48. The molecule has 0 radical (unpaired) electrons. The molecule has 11 heteroatoms. The van der Waals surface area contributed by atoms with E-state index in [0.717, 1.165) is 4.73 Å². The molecular formula is C29H18F2N4O3S2. The molecule has 0 aliphatic carbocycles. The lowest BCUT2D eigenvalue weighted by Gasteiger charge is -2.12. The number of carbonyl (C=O) groups excluding carboxylic acids is 1. The van der Waals surface area contributed by atoms with Gasteiger partial charge in [-0.2, -0.15) is 4.73 Å². The number of fused-ring (bicyclic) bond motifs is 1. The molecule has 5 aromatic rings. The van der Waals surface area contributed by atoms with Crippen molar-refractivity contribution < 1.29 is 23.0 Å². The Balaban J connectivity index is 1.26. The lowest BCUT2D eigenvalue weighted by Crippen LogP contribution is -2.35. The van der Waals surface area contributed by atoms with E-state index >= 15 is 0 Å². The molecule has 0 saturated heterocycles. The maximum atomic E-state index is 15.0. The lowest BCUT2D eigenvalue weighted by molar-refractivity contribution is -0.593. The van der Waals surface area contributed by atoms with Gasteiger partial charge in [0.15, 0.2) is 22.9 Å². The van der Waals surface area contributed by atoms with Crippen LogP contribution in [0.1, 0.15) is 11.1 Å². The molecular weight excluding hydrogens is 554 g/mol. The Morgan fingerprint density at radius 3 is 2.75 bits per heavy atom. The van der Waals surface area contributed by atoms with Crippen molar-refractivity contribution in [2.24, 2.45) is 0 Å². The summed E-state index contributed by atoms with van der Waals surface area (Å²) in [5.41, 5.74) is 2.09. The lowest BCUT2D eigenvalue weighted by atomic mass is 10.0. The number of terminal acetylenes is 1. The molecule has 0 spiro atoms. The van der Waals surface area contributed by atoms with Gasteiger partial charge >= 0.3 is 0 Å². The number of ether oxygens (including phenoxy) is 1. The average molecular weight is 573 g/mol. The Labute approximate surface area is 236 Å². The van der Waals surface area contributed by atoms with E-state index in [1.165, 1.54) is 60.1 Å². The van der Waals surface area contributed by atoms with E-state index in [-0.39, 0.29) is 28.5 Å². The summed E-state index contributed by atoms with van der Waals surface area (Å²) in [6.07, 6.45) is 8.22. The summed E-state index contributed by atoms with van der Waals surface area (Å²) < 4.78 is 35.6. The highest BCUT2D eigenvalue weighted by molar-refractivity contribution is 7.80. The van der Waals surface area contributed by atoms with Gasteiger partial charge in [-0.05, 0) is 54.2 Å². The van der Waals surface area contributed by atoms with Gasteiger partial charge in [0.25, 0.3) is 0 Å². The van der Waals surface area contributed by atoms with Crippen LogP contribution in [0.4, 0.5) is 14.5 Å². The summed E-state index contributed by atoms with van der Waals surface area (Å²) in [6.45, 7) is 0. The molecule has 2 N–H and O–H groups in total. The zero-order valence-corrected chi connectivity index (χ0v) is 22.1. The second kappa shape index (κ2) is 11.4. The van der Waals surface area contributed by atoms with Crippen LogP contribution in [0.2, 0.25) is 0 Å². The van der Waals surface area contributed by atoms with Crippen LogP contribution in [-0.4, -0.2) is 16.0 Å². The first-order valence-electron chi connectivity index (χ1n) is 11.7. The van der Waals surface area contributed by atoms with Crippen molar-refractivity contribution in [3.05, 3.63) is 107 Å². The molecule has 3 aromatic heterocycles. The summed E-state index contributed by atoms with van der Waals surface area (Å²) in [5, 5.41) is 17.4. The van der Waals surface area contributed by atoms with Crippen molar-refractivity contribution in [3.8, 4) is 34.4 Å². The number of hydrogen-bond acceptors (Lipinski definition) is 6. The Bertz CT molecular complexity index is 1820. The van der Waals surface area contributed by atoms with Crippen LogP contribution in [0.5, 0.6) is 11.5 Å². The van der Waals surface area contributed by atoms with E-state index in [9.17, 15) is 18.8 Å². The van der Waals surface area contributed by atoms with E-state index in [2.05, 4.69) is 21.5 Å². The maximum Gasteiger partial charge on any atom is 0.233 e. The number of thiocarbonyl (C=S) groups is 1. The van der Waals surface area contributed by atoms with Crippen molar-refractivity contribution in [1.82, 2.24) is 10.3 Å². The van der Waals surface area contributed by atoms with Crippen molar-refractivity contribution >= 4 is 50.5 Å². The molecule has 5 rings (SSSR count). The molecule has 0 aliphatic heterocycles. The number of hydrogen-bond donors (Lipinski definition) is 2. The van der Waals surface area contributed by atoms with E-state index in [0.29, 0.717) is 32.1 Å². The zero-order valence-electron chi connectivity index (χ0n) is 20.5. The Kier molecular flexibility index (Phi) is 7.63. The minimum absolute atomic E-state index is 0.0420. The largest absolute Gasteiger partial charge is 0.618 e. The number of halogens is 2. The topological polar surface area (TPSA) is 90.2 Å². The molecule has 40 heavy (non-hydrogen) atoms. The summed E-state index contributed by atoms with van der Waals surface area (Å²) in [5.74, 6) is 1.03. The van der Waals surface area contributed by atoms with Gasteiger partial charge in [-0.15, -0.1) is 17.8 Å². The predicted octanol–water partition coefficient (Wildman–Crippen LogP) is 5.70. The number of aromatic nitrogens is 2. The molecule has 2 aromatic carbocycles. The summed E-state index contributed by atoms with van der Waals surface area (Å²) in [4.78, 5) is 17.4. The zero-order chi connectivity index (χ0) is 28.2. The van der Waals surface area contributed by atoms with E-state index in [4.69, 9.17) is 23.4 Å². The third-order valence-corrected chi connectivity index (χ3v) is 7.06. The second-order valence-corrected chi connectivity index (χ2v) is 9.88. The minimum Gasteiger partial charge on any atom is -0.618 e. The van der Waals surface area contributed by atoms with Gasteiger partial charge in [-0.3, -0.25) is 9.78 Å². The molecule has 7 nitrogen and oxygen atoms in total. The third-order valence-electron chi connectivity index (χ3n) is 5.69. The number of pyridine rings is 2. The number of carbonyl (C=O) groups is 1. The van der Waals surface area contributed by atoms with Crippen molar-refractivity contribution in [3.63, 3.8) is 0 Å². The molecule has 0 saturated carbocycles. The number of nitrogens with zero attached hydrogens (tertiary/aromatic N) is 2. The highest BCUT2D eigenvalue weighted by Gasteiger charge is 2.17. The Morgan fingerprint density at radius 1 is 1.12 bits per heavy atom. The first-order chi connectivity index (χ1) is 19.3. The standard InChI is InChI=1S/C29H18F2N4O3S2/c1-2-17-13-19(30)7-6-18(17)14-27(36)34-29(39)33-20-8-9-24(21(31)15-20)38-25-10-11-32-22-16-26(40-28(22)25)23-5-3-4-12-35(23)37/h1,3-13,15-16H,14H2,(H2,33,34,36,39). The van der Waals surface area contributed by atoms with Crippen LogP contribution in [0.3, 0.4) is 0 Å². The molecule has 0 fully saturated rings. The fourth-order valence-electron chi connectivity index (χ4n) is 3.86. The first-order valence-corrected chi connectivity index (χ1v) is 12.9. The Morgan fingerprint density at radius 2 is 1.98 bits per heavy atom. The van der Waals surface area contributed by atoms with Crippen molar-refractivity contribution in [1.29, 1.82) is 0 Å². The first kappa shape index (κ1) is 26.7. The van der Waals surface area contributed by atoms with Gasteiger partial charge in [0, 0.05) is 41.7 Å². The number of nitrogens with one attached hydrogen (secondary N) is 2. The van der Waals surface area contributed by atoms with Crippen molar-refractivity contribution in [2.75, 3.05) is 5.32 Å². The monoisotopic (exact) mass is 572 g/mol. The van der Waals surface area contributed by atoms with Crippen LogP contribution in [0.25, 0.3) is 20.8 Å². The third kappa shape index (κ3) is 5.88. The number of amides is 1. The second-order valence-electron chi connectivity index (χ2n) is 8.42. The summed E-state index contributed by atoms with van der Waals surface area (Å²) in [7, 11) is 0. The highest BCUT2D eigenvalue weighted by atomic mass is 32.1. The highest BCUT2D eigenvalue weighted by Crippen LogP contribution is 2.39. The molecule has 198 valence electrons. The van der Waals surface area contributed by atoms with Gasteiger partial charge in [0.2, 0.25) is 11.6 Å². The van der Waals surface area contributed by atoms with Gasteiger partial charge in [-0.25, -0.2) is 8.78 Å². The van der Waals surface area contributed by atoms with E-state index in [1.54, 1.807) is 30.3 Å². The molecule has 3 heterocycles. The number of anilines is 1. The number of benzene rings is 2. The smallest absolute Gasteiger partial charge is 0.233 e. The van der Waals surface area contributed by atoms with Crippen LogP contribution < -0.4 is 20.1 Å². The maximum absolute atomic E-state index is 15.0. The molecule has 0 atom stereocenters. The molecule has 0 bridgehead atoms. The predicted molar refractivity (Wildman–Crippen MR) is 153 cm³/mol. The normalized spacial score (nSPS) is 10.6. The van der Waals surface area contributed by atoms with Gasteiger partial charge in [-0.1, -0.05) is 12.0 Å². The van der Waals surface area contributed by atoms with Gasteiger partial charge in [0.05, 0.1) is 16.6 Å². The fraction of sp³-hybridized carbons (Fsp3) is 0.0345. The van der Waals surface area contributed by atoms with Crippen molar-refractivity contribution in [2.45, 2.75) is 6.42 Å². The quantitative estimate of drug-likeness (QED) is 0.117. The van der Waals surface area contributed by atoms with E-state index < -0.39 is 17.5 Å². The minimum atomic E-state index is -0.675. The Hall–Kier alpha value is -4.92. The van der Waals surface area contributed by atoms with Crippen LogP contribution in [-0.2, 0) is 11.2 Å². The number of rotatable bonds is 6. The average Bonchev–Trinajstić information content (AvgIpc) is 3.36. The molecule has 0 aliphatic rings.